The fourth-order valence-electron chi connectivity index (χ4n) is 2.87. The predicted molar refractivity (Wildman–Crippen MR) is 111 cm³/mol. The number of aromatic amines is 1. The Balaban J connectivity index is 1.50. The molecule has 0 bridgehead atoms. The second-order valence-corrected chi connectivity index (χ2v) is 7.73. The molecule has 0 aliphatic carbocycles. The molecule has 26 heavy (non-hydrogen) atoms. The van der Waals surface area contributed by atoms with Crippen molar-refractivity contribution in [3.63, 3.8) is 0 Å². The number of nitrogens with zero attached hydrogens (tertiary/aromatic N) is 2. The third kappa shape index (κ3) is 4.43. The first-order valence-corrected chi connectivity index (χ1v) is 9.90. The Hall–Kier alpha value is -2.34. The van der Waals surface area contributed by atoms with Gasteiger partial charge in [-0.05, 0) is 36.5 Å². The Morgan fingerprint density at radius 2 is 2.15 bits per heavy atom. The summed E-state index contributed by atoms with van der Waals surface area (Å²) in [6.45, 7) is 7.97. The number of fused-ring (bicyclic) bond motifs is 1. The van der Waals surface area contributed by atoms with E-state index in [2.05, 4.69) is 76.1 Å². The monoisotopic (exact) mass is 369 g/mol. The van der Waals surface area contributed by atoms with Crippen molar-refractivity contribution in [3.8, 4) is 0 Å². The molecule has 0 saturated heterocycles. The standard InChI is InChI=1S/C20H27N5S/c1-13(2)18-12-26-19(25-18)11-24-20(21-4)22-8-7-15-10-23-17-9-14(3)5-6-16(15)17/h5-6,9-10,12-13,23H,7-8,11H2,1-4H3,(H2,21,22,24). The van der Waals surface area contributed by atoms with Crippen LogP contribution in [-0.4, -0.2) is 29.5 Å². The lowest BCUT2D eigenvalue weighted by Crippen LogP contribution is -2.37. The Bertz CT molecular complexity index is 891. The Morgan fingerprint density at radius 3 is 2.88 bits per heavy atom. The van der Waals surface area contributed by atoms with E-state index in [0.717, 1.165) is 29.6 Å². The third-order valence-corrected chi connectivity index (χ3v) is 5.27. The molecule has 5 nitrogen and oxygen atoms in total. The lowest BCUT2D eigenvalue weighted by Gasteiger charge is -2.10. The smallest absolute Gasteiger partial charge is 0.191 e. The number of nitrogens with one attached hydrogen (secondary N) is 3. The van der Waals surface area contributed by atoms with Gasteiger partial charge < -0.3 is 15.6 Å². The maximum Gasteiger partial charge on any atom is 0.191 e. The molecule has 6 heteroatoms. The van der Waals surface area contributed by atoms with Crippen LogP contribution in [0.2, 0.25) is 0 Å². The van der Waals surface area contributed by atoms with Crippen LogP contribution in [0.1, 0.15) is 41.6 Å². The normalized spacial score (nSPS) is 12.1. The average molecular weight is 370 g/mol. The van der Waals surface area contributed by atoms with Crippen LogP contribution >= 0.6 is 11.3 Å². The van der Waals surface area contributed by atoms with E-state index in [1.54, 1.807) is 18.4 Å². The Labute approximate surface area is 159 Å². The van der Waals surface area contributed by atoms with Gasteiger partial charge in [0.2, 0.25) is 0 Å². The zero-order chi connectivity index (χ0) is 18.5. The summed E-state index contributed by atoms with van der Waals surface area (Å²) in [5.74, 6) is 1.28. The summed E-state index contributed by atoms with van der Waals surface area (Å²) in [5.41, 5.74) is 4.96. The zero-order valence-electron chi connectivity index (χ0n) is 15.9. The summed E-state index contributed by atoms with van der Waals surface area (Å²) in [7, 11) is 1.80. The van der Waals surface area contributed by atoms with Gasteiger partial charge in [0.15, 0.2) is 5.96 Å². The highest BCUT2D eigenvalue weighted by Crippen LogP contribution is 2.20. The number of hydrogen-bond donors (Lipinski definition) is 3. The maximum atomic E-state index is 4.65. The van der Waals surface area contributed by atoms with Crippen molar-refractivity contribution in [3.05, 3.63) is 51.6 Å². The molecule has 2 aromatic heterocycles. The van der Waals surface area contributed by atoms with Gasteiger partial charge in [-0.25, -0.2) is 4.98 Å². The molecule has 1 aromatic carbocycles. The molecule has 138 valence electrons. The van der Waals surface area contributed by atoms with E-state index in [1.165, 1.54) is 22.0 Å². The topological polar surface area (TPSA) is 65.1 Å². The first-order chi connectivity index (χ1) is 12.6. The number of aromatic nitrogens is 2. The van der Waals surface area contributed by atoms with Gasteiger partial charge in [0.1, 0.15) is 5.01 Å². The van der Waals surface area contributed by atoms with Gasteiger partial charge in [-0.2, -0.15) is 0 Å². The number of aryl methyl sites for hydroxylation is 1. The second kappa shape index (κ2) is 8.36. The summed E-state index contributed by atoms with van der Waals surface area (Å²) in [4.78, 5) is 12.3. The van der Waals surface area contributed by atoms with E-state index in [0.29, 0.717) is 12.5 Å². The van der Waals surface area contributed by atoms with Crippen molar-refractivity contribution >= 4 is 28.2 Å². The summed E-state index contributed by atoms with van der Waals surface area (Å²) in [6, 6.07) is 6.54. The largest absolute Gasteiger partial charge is 0.361 e. The molecule has 0 aliphatic rings. The van der Waals surface area contributed by atoms with Crippen LogP contribution in [0, 0.1) is 6.92 Å². The molecular weight excluding hydrogens is 342 g/mol. The van der Waals surface area contributed by atoms with Crippen molar-refractivity contribution in [1.29, 1.82) is 0 Å². The number of aliphatic imine (C=N–C) groups is 1. The molecule has 0 atom stereocenters. The van der Waals surface area contributed by atoms with Crippen LogP contribution < -0.4 is 10.6 Å². The highest BCUT2D eigenvalue weighted by Gasteiger charge is 2.07. The molecule has 0 fully saturated rings. The predicted octanol–water partition coefficient (Wildman–Crippen LogP) is 3.96. The fourth-order valence-corrected chi connectivity index (χ4v) is 3.77. The van der Waals surface area contributed by atoms with Gasteiger partial charge in [-0.1, -0.05) is 26.0 Å². The molecule has 3 N–H and O–H groups in total. The number of hydrogen-bond acceptors (Lipinski definition) is 3. The molecule has 0 radical (unpaired) electrons. The van der Waals surface area contributed by atoms with Crippen LogP contribution in [0.3, 0.4) is 0 Å². The number of guanidine groups is 1. The Kier molecular flexibility index (Phi) is 5.93. The minimum absolute atomic E-state index is 0.470. The first kappa shape index (κ1) is 18.5. The van der Waals surface area contributed by atoms with Crippen LogP contribution in [0.15, 0.2) is 34.8 Å². The van der Waals surface area contributed by atoms with E-state index in [9.17, 15) is 0 Å². The van der Waals surface area contributed by atoms with Gasteiger partial charge in [0, 0.05) is 36.1 Å². The summed E-state index contributed by atoms with van der Waals surface area (Å²) in [6.07, 6.45) is 3.05. The maximum absolute atomic E-state index is 4.65. The molecule has 3 aromatic rings. The van der Waals surface area contributed by atoms with E-state index < -0.39 is 0 Å². The van der Waals surface area contributed by atoms with Gasteiger partial charge in [0.25, 0.3) is 0 Å². The van der Waals surface area contributed by atoms with Gasteiger partial charge in [0.05, 0.1) is 12.2 Å². The van der Waals surface area contributed by atoms with Crippen LogP contribution in [-0.2, 0) is 13.0 Å². The van der Waals surface area contributed by atoms with E-state index >= 15 is 0 Å². The highest BCUT2D eigenvalue weighted by molar-refractivity contribution is 7.09. The van der Waals surface area contributed by atoms with E-state index in [-0.39, 0.29) is 0 Å². The van der Waals surface area contributed by atoms with Crippen molar-refractivity contribution < 1.29 is 0 Å². The van der Waals surface area contributed by atoms with Crippen molar-refractivity contribution in [2.45, 2.75) is 39.7 Å². The van der Waals surface area contributed by atoms with Gasteiger partial charge in [-0.3, -0.25) is 4.99 Å². The zero-order valence-corrected chi connectivity index (χ0v) is 16.7. The van der Waals surface area contributed by atoms with Gasteiger partial charge in [-0.15, -0.1) is 11.3 Å². The van der Waals surface area contributed by atoms with E-state index in [1.807, 2.05) is 0 Å². The first-order valence-electron chi connectivity index (χ1n) is 9.02. The highest BCUT2D eigenvalue weighted by atomic mass is 32.1. The average Bonchev–Trinajstić information content (AvgIpc) is 3.25. The summed E-state index contributed by atoms with van der Waals surface area (Å²) < 4.78 is 0. The minimum Gasteiger partial charge on any atom is -0.361 e. The number of rotatable bonds is 6. The van der Waals surface area contributed by atoms with Crippen molar-refractivity contribution in [2.24, 2.45) is 4.99 Å². The van der Waals surface area contributed by atoms with Crippen LogP contribution in [0.4, 0.5) is 0 Å². The van der Waals surface area contributed by atoms with Gasteiger partial charge >= 0.3 is 0 Å². The third-order valence-electron chi connectivity index (χ3n) is 4.40. The van der Waals surface area contributed by atoms with Crippen LogP contribution in [0.5, 0.6) is 0 Å². The Morgan fingerprint density at radius 1 is 1.31 bits per heavy atom. The summed E-state index contributed by atoms with van der Waals surface area (Å²) in [5, 5.41) is 11.2. The molecule has 0 amide bonds. The number of benzene rings is 1. The molecule has 0 spiro atoms. The molecule has 3 rings (SSSR count). The lowest BCUT2D eigenvalue weighted by molar-refractivity contribution is 0.779. The SMILES string of the molecule is CN=C(NCCc1c[nH]c2cc(C)ccc12)NCc1nc(C(C)C)cs1. The molecule has 0 unspecified atom stereocenters. The minimum atomic E-state index is 0.470. The molecule has 0 saturated carbocycles. The second-order valence-electron chi connectivity index (χ2n) is 6.79. The van der Waals surface area contributed by atoms with Crippen molar-refractivity contribution in [1.82, 2.24) is 20.6 Å². The number of thiazole rings is 1. The fraction of sp³-hybridized carbons (Fsp3) is 0.400. The molecular formula is C20H27N5S. The number of H-pyrrole nitrogens is 1. The quantitative estimate of drug-likeness (QED) is 0.455. The molecule has 0 aliphatic heterocycles. The lowest BCUT2D eigenvalue weighted by atomic mass is 10.1. The summed E-state index contributed by atoms with van der Waals surface area (Å²) >= 11 is 1.69. The van der Waals surface area contributed by atoms with Crippen molar-refractivity contribution in [2.75, 3.05) is 13.6 Å². The molecule has 2 heterocycles. The van der Waals surface area contributed by atoms with Crippen LogP contribution in [0.25, 0.3) is 10.9 Å². The van der Waals surface area contributed by atoms with E-state index in [4.69, 9.17) is 0 Å².